The van der Waals surface area contributed by atoms with Crippen LogP contribution in [0.1, 0.15) is 90.4 Å². The average molecular weight is 284 g/mol. The predicted molar refractivity (Wildman–Crippen MR) is 88.3 cm³/mol. The zero-order valence-corrected chi connectivity index (χ0v) is 14.2. The Morgan fingerprint density at radius 1 is 0.950 bits per heavy atom. The van der Waals surface area contributed by atoms with Crippen molar-refractivity contribution in [1.29, 1.82) is 0 Å². The lowest BCUT2D eigenvalue weighted by molar-refractivity contribution is -0.0364. The Labute approximate surface area is 127 Å². The molecule has 0 bridgehead atoms. The van der Waals surface area contributed by atoms with Gasteiger partial charge in [-0.1, -0.05) is 71.1 Å². The minimum Gasteiger partial charge on any atom is -0.377 e. The maximum absolute atomic E-state index is 5.91. The van der Waals surface area contributed by atoms with Crippen LogP contribution in [0.5, 0.6) is 0 Å². The van der Waals surface area contributed by atoms with Gasteiger partial charge in [0.1, 0.15) is 0 Å². The van der Waals surface area contributed by atoms with Crippen LogP contribution in [-0.4, -0.2) is 25.8 Å². The SMILES string of the molecule is CCCCCCCCCCC(NC)C1(OC)CCCC1. The molecule has 1 atom stereocenters. The summed E-state index contributed by atoms with van der Waals surface area (Å²) in [7, 11) is 4.01. The molecular formula is C18H37NO. The third kappa shape index (κ3) is 5.73. The lowest BCUT2D eigenvalue weighted by Gasteiger charge is -2.36. The van der Waals surface area contributed by atoms with Crippen LogP contribution < -0.4 is 5.32 Å². The lowest BCUT2D eigenvalue weighted by Crippen LogP contribution is -2.49. The second-order valence-corrected chi connectivity index (χ2v) is 6.58. The van der Waals surface area contributed by atoms with Crippen molar-refractivity contribution in [3.8, 4) is 0 Å². The van der Waals surface area contributed by atoms with Gasteiger partial charge in [-0.05, 0) is 26.3 Å². The summed E-state index contributed by atoms with van der Waals surface area (Å²) in [6, 6.07) is 0.551. The van der Waals surface area contributed by atoms with E-state index in [0.717, 1.165) is 0 Å². The Morgan fingerprint density at radius 3 is 2.00 bits per heavy atom. The Hall–Kier alpha value is -0.0800. The molecule has 0 spiro atoms. The van der Waals surface area contributed by atoms with E-state index in [0.29, 0.717) is 6.04 Å². The van der Waals surface area contributed by atoms with Crippen LogP contribution in [0.3, 0.4) is 0 Å². The highest BCUT2D eigenvalue weighted by molar-refractivity contribution is 4.96. The van der Waals surface area contributed by atoms with E-state index >= 15 is 0 Å². The van der Waals surface area contributed by atoms with Crippen molar-refractivity contribution in [3.63, 3.8) is 0 Å². The minimum absolute atomic E-state index is 0.135. The molecule has 0 saturated heterocycles. The monoisotopic (exact) mass is 283 g/mol. The van der Waals surface area contributed by atoms with Crippen molar-refractivity contribution < 1.29 is 4.74 Å². The van der Waals surface area contributed by atoms with Gasteiger partial charge in [-0.3, -0.25) is 0 Å². The molecule has 0 aromatic carbocycles. The highest BCUT2D eigenvalue weighted by Crippen LogP contribution is 2.37. The van der Waals surface area contributed by atoms with Gasteiger partial charge < -0.3 is 10.1 Å². The van der Waals surface area contributed by atoms with Crippen molar-refractivity contribution >= 4 is 0 Å². The van der Waals surface area contributed by atoms with E-state index in [2.05, 4.69) is 19.3 Å². The van der Waals surface area contributed by atoms with Crippen molar-refractivity contribution in [2.24, 2.45) is 0 Å². The quantitative estimate of drug-likeness (QED) is 0.505. The first-order chi connectivity index (χ1) is 9.79. The van der Waals surface area contributed by atoms with E-state index in [9.17, 15) is 0 Å². The fourth-order valence-electron chi connectivity index (χ4n) is 3.82. The Morgan fingerprint density at radius 2 is 1.50 bits per heavy atom. The van der Waals surface area contributed by atoms with Crippen LogP contribution in [-0.2, 0) is 4.74 Å². The third-order valence-electron chi connectivity index (χ3n) is 5.19. The first-order valence-corrected chi connectivity index (χ1v) is 9.01. The average Bonchev–Trinajstić information content (AvgIpc) is 2.96. The normalized spacial score (nSPS) is 19.4. The standard InChI is InChI=1S/C18H37NO/c1-4-5-6-7-8-9-10-11-14-17(19-2)18(20-3)15-12-13-16-18/h17,19H,4-16H2,1-3H3. The van der Waals surface area contributed by atoms with Crippen LogP contribution in [0, 0.1) is 0 Å². The minimum atomic E-state index is 0.135. The number of nitrogens with one attached hydrogen (secondary N) is 1. The van der Waals surface area contributed by atoms with Gasteiger partial charge in [0.25, 0.3) is 0 Å². The molecule has 0 amide bonds. The fourth-order valence-corrected chi connectivity index (χ4v) is 3.82. The maximum atomic E-state index is 5.91. The van der Waals surface area contributed by atoms with Crippen LogP contribution in [0.2, 0.25) is 0 Å². The zero-order chi connectivity index (χ0) is 14.7. The Bertz CT molecular complexity index is 223. The first kappa shape index (κ1) is 18.0. The molecule has 0 heterocycles. The molecule has 120 valence electrons. The smallest absolute Gasteiger partial charge is 0.0830 e. The van der Waals surface area contributed by atoms with Crippen molar-refractivity contribution in [2.75, 3.05) is 14.2 Å². The Balaban J connectivity index is 2.12. The lowest BCUT2D eigenvalue weighted by atomic mass is 9.88. The summed E-state index contributed by atoms with van der Waals surface area (Å²) < 4.78 is 5.91. The van der Waals surface area contributed by atoms with E-state index in [-0.39, 0.29) is 5.60 Å². The van der Waals surface area contributed by atoms with Crippen LogP contribution in [0.15, 0.2) is 0 Å². The third-order valence-corrected chi connectivity index (χ3v) is 5.19. The van der Waals surface area contributed by atoms with Crippen molar-refractivity contribution in [1.82, 2.24) is 5.32 Å². The molecule has 20 heavy (non-hydrogen) atoms. The molecule has 1 aliphatic rings. The largest absolute Gasteiger partial charge is 0.377 e. The summed E-state index contributed by atoms with van der Waals surface area (Å²) in [5.41, 5.74) is 0.135. The maximum Gasteiger partial charge on any atom is 0.0830 e. The summed E-state index contributed by atoms with van der Waals surface area (Å²) in [6.45, 7) is 2.28. The van der Waals surface area contributed by atoms with E-state index in [1.165, 1.54) is 83.5 Å². The van der Waals surface area contributed by atoms with Gasteiger partial charge in [0.05, 0.1) is 5.60 Å². The molecule has 1 rings (SSSR count). The molecule has 1 N–H and O–H groups in total. The van der Waals surface area contributed by atoms with Gasteiger partial charge in [0.15, 0.2) is 0 Å². The predicted octanol–water partition coefficient (Wildman–Crippen LogP) is 5.06. The highest BCUT2D eigenvalue weighted by atomic mass is 16.5. The van der Waals surface area contributed by atoms with Crippen molar-refractivity contribution in [2.45, 2.75) is 102 Å². The first-order valence-electron chi connectivity index (χ1n) is 9.01. The second-order valence-electron chi connectivity index (χ2n) is 6.58. The van der Waals surface area contributed by atoms with Gasteiger partial charge >= 0.3 is 0 Å². The summed E-state index contributed by atoms with van der Waals surface area (Å²) in [5, 5.41) is 3.53. The van der Waals surface area contributed by atoms with Crippen LogP contribution >= 0.6 is 0 Å². The molecule has 1 saturated carbocycles. The molecule has 0 radical (unpaired) electrons. The molecule has 2 nitrogen and oxygen atoms in total. The summed E-state index contributed by atoms with van der Waals surface area (Å²) >= 11 is 0. The van der Waals surface area contributed by atoms with E-state index in [1.54, 1.807) is 0 Å². The van der Waals surface area contributed by atoms with Gasteiger partial charge in [-0.15, -0.1) is 0 Å². The highest BCUT2D eigenvalue weighted by Gasteiger charge is 2.40. The molecule has 1 unspecified atom stereocenters. The number of rotatable bonds is 12. The van der Waals surface area contributed by atoms with Gasteiger partial charge in [0.2, 0.25) is 0 Å². The zero-order valence-electron chi connectivity index (χ0n) is 14.2. The molecule has 2 heteroatoms. The van der Waals surface area contributed by atoms with E-state index < -0.39 is 0 Å². The molecule has 0 aliphatic heterocycles. The van der Waals surface area contributed by atoms with Gasteiger partial charge in [0, 0.05) is 13.2 Å². The number of unbranched alkanes of at least 4 members (excludes halogenated alkanes) is 7. The molecule has 1 aliphatic carbocycles. The number of methoxy groups -OCH3 is 1. The fraction of sp³-hybridized carbons (Fsp3) is 1.00. The van der Waals surface area contributed by atoms with Crippen LogP contribution in [0.4, 0.5) is 0 Å². The summed E-state index contributed by atoms with van der Waals surface area (Å²) in [5.74, 6) is 0. The number of hydrogen-bond donors (Lipinski definition) is 1. The molecular weight excluding hydrogens is 246 g/mol. The molecule has 0 aromatic rings. The van der Waals surface area contributed by atoms with E-state index in [1.807, 2.05) is 7.11 Å². The number of hydrogen-bond acceptors (Lipinski definition) is 2. The number of likely N-dealkylation sites (N-methyl/N-ethyl adjacent to an activating group) is 1. The number of ether oxygens (including phenoxy) is 1. The topological polar surface area (TPSA) is 21.3 Å². The van der Waals surface area contributed by atoms with E-state index in [4.69, 9.17) is 4.74 Å². The van der Waals surface area contributed by atoms with Crippen LogP contribution in [0.25, 0.3) is 0 Å². The summed E-state index contributed by atoms with van der Waals surface area (Å²) in [6.07, 6.45) is 17.7. The summed E-state index contributed by atoms with van der Waals surface area (Å²) in [4.78, 5) is 0. The van der Waals surface area contributed by atoms with Gasteiger partial charge in [-0.2, -0.15) is 0 Å². The van der Waals surface area contributed by atoms with Crippen molar-refractivity contribution in [3.05, 3.63) is 0 Å². The second kappa shape index (κ2) is 10.6. The molecule has 1 fully saturated rings. The molecule has 0 aromatic heterocycles. The van der Waals surface area contributed by atoms with Gasteiger partial charge in [-0.25, -0.2) is 0 Å². The Kier molecular flexibility index (Phi) is 9.54.